The number of carboxylic acid groups (broad SMARTS) is 1. The number of benzene rings is 1. The van der Waals surface area contributed by atoms with Gasteiger partial charge in [0.2, 0.25) is 5.91 Å². The van der Waals surface area contributed by atoms with E-state index in [1.807, 2.05) is 18.2 Å². The molecular weight excluding hydrogens is 431 g/mol. The SMILES string of the molecule is CC1(C)[C@@H]2C[C@H]3OB([C@H](Cc4ccccc4)NC(=O)C[C@H]4CCCN(C(=O)O)C4)O[C@@]3(C)[C@H]1C2. The Labute approximate surface area is 202 Å². The van der Waals surface area contributed by atoms with Gasteiger partial charge < -0.3 is 24.6 Å². The van der Waals surface area contributed by atoms with E-state index < -0.39 is 13.2 Å². The van der Waals surface area contributed by atoms with E-state index in [0.717, 1.165) is 24.8 Å². The summed E-state index contributed by atoms with van der Waals surface area (Å²) in [6, 6.07) is 10.1. The summed E-state index contributed by atoms with van der Waals surface area (Å²) in [7, 11) is -0.490. The number of nitrogens with one attached hydrogen (secondary N) is 1. The molecular formula is C26H37BN2O5. The van der Waals surface area contributed by atoms with Gasteiger partial charge in [-0.15, -0.1) is 0 Å². The highest BCUT2D eigenvalue weighted by Crippen LogP contribution is 2.65. The molecule has 2 aliphatic heterocycles. The number of nitrogens with zero attached hydrogens (tertiary/aromatic N) is 1. The number of carbonyl (C=O) groups excluding carboxylic acids is 1. The van der Waals surface area contributed by atoms with E-state index in [2.05, 4.69) is 38.2 Å². The Hall–Kier alpha value is -2.06. The summed E-state index contributed by atoms with van der Waals surface area (Å²) in [6.07, 6.45) is 3.97. The second-order valence-electron chi connectivity index (χ2n) is 11.6. The lowest BCUT2D eigenvalue weighted by molar-refractivity contribution is -0.199. The molecule has 0 aromatic heterocycles. The summed E-state index contributed by atoms with van der Waals surface area (Å²) in [4.78, 5) is 25.9. The summed E-state index contributed by atoms with van der Waals surface area (Å²) in [5.41, 5.74) is 1.06. The first-order chi connectivity index (χ1) is 16.2. The van der Waals surface area contributed by atoms with Gasteiger partial charge in [-0.05, 0) is 67.8 Å². The molecule has 3 aliphatic carbocycles. The van der Waals surface area contributed by atoms with Gasteiger partial charge in [0.05, 0.1) is 17.6 Å². The van der Waals surface area contributed by atoms with Crippen molar-refractivity contribution >= 4 is 19.1 Å². The molecule has 0 unspecified atom stereocenters. The van der Waals surface area contributed by atoms with E-state index in [1.54, 1.807) is 0 Å². The van der Waals surface area contributed by atoms with Crippen LogP contribution in [-0.4, -0.2) is 59.9 Å². The van der Waals surface area contributed by atoms with Crippen molar-refractivity contribution in [2.75, 3.05) is 13.1 Å². The van der Waals surface area contributed by atoms with Crippen LogP contribution in [0.1, 0.15) is 58.4 Å². The first-order valence-electron chi connectivity index (χ1n) is 12.8. The molecule has 1 aromatic carbocycles. The molecule has 8 heteroatoms. The highest BCUT2D eigenvalue weighted by atomic mass is 16.7. The van der Waals surface area contributed by atoms with E-state index >= 15 is 0 Å². The molecule has 0 spiro atoms. The van der Waals surface area contributed by atoms with E-state index in [1.165, 1.54) is 11.3 Å². The van der Waals surface area contributed by atoms with Gasteiger partial charge in [-0.2, -0.15) is 0 Å². The molecule has 184 valence electrons. The van der Waals surface area contributed by atoms with Gasteiger partial charge in [0, 0.05) is 19.5 Å². The largest absolute Gasteiger partial charge is 0.482 e. The lowest BCUT2D eigenvalue weighted by Crippen LogP contribution is -2.65. The maximum atomic E-state index is 13.1. The average molecular weight is 468 g/mol. The standard InChI is InChI=1S/C26H37BN2O5/c1-25(2)19-14-20(25)26(3)21(15-19)33-27(34-26)22(12-17-8-5-4-6-9-17)28-23(30)13-18-10-7-11-29(16-18)24(31)32/h4-6,8-9,18-22H,7,10-16H2,1-3H3,(H,28,30)(H,31,32)/t18-,19+,20+,21-,22+,26+/m1/s1. The quantitative estimate of drug-likeness (QED) is 0.621. The predicted octanol–water partition coefficient (Wildman–Crippen LogP) is 3.76. The molecule has 2 saturated heterocycles. The van der Waals surface area contributed by atoms with Gasteiger partial charge in [-0.3, -0.25) is 4.79 Å². The van der Waals surface area contributed by atoms with E-state index in [4.69, 9.17) is 9.31 Å². The van der Waals surface area contributed by atoms with Crippen LogP contribution in [0.25, 0.3) is 0 Å². The maximum absolute atomic E-state index is 13.1. The highest BCUT2D eigenvalue weighted by Gasteiger charge is 2.68. The maximum Gasteiger partial charge on any atom is 0.482 e. The number of hydrogen-bond acceptors (Lipinski definition) is 4. The van der Waals surface area contributed by atoms with Gasteiger partial charge in [-0.1, -0.05) is 44.2 Å². The third-order valence-corrected chi connectivity index (χ3v) is 9.21. The number of hydrogen-bond donors (Lipinski definition) is 2. The van der Waals surface area contributed by atoms with Gasteiger partial charge in [0.15, 0.2) is 0 Å². The fraction of sp³-hybridized carbons (Fsp3) is 0.692. The van der Waals surface area contributed by atoms with Crippen molar-refractivity contribution in [3.8, 4) is 0 Å². The molecule has 2 heterocycles. The van der Waals surface area contributed by atoms with Crippen LogP contribution in [0.2, 0.25) is 0 Å². The topological polar surface area (TPSA) is 88.1 Å². The molecule has 7 nitrogen and oxygen atoms in total. The summed E-state index contributed by atoms with van der Waals surface area (Å²) in [5, 5.41) is 12.5. The molecule has 2 N–H and O–H groups in total. The minimum absolute atomic E-state index is 0.0424. The van der Waals surface area contributed by atoms with E-state index in [0.29, 0.717) is 37.8 Å². The molecule has 5 aliphatic rings. The minimum atomic E-state index is -0.906. The Morgan fingerprint density at radius 2 is 2.00 bits per heavy atom. The zero-order valence-electron chi connectivity index (χ0n) is 20.5. The second-order valence-corrected chi connectivity index (χ2v) is 11.6. The fourth-order valence-electron chi connectivity index (χ4n) is 7.09. The van der Waals surface area contributed by atoms with Gasteiger partial charge in [0.1, 0.15) is 0 Å². The summed E-state index contributed by atoms with van der Waals surface area (Å²) < 4.78 is 13.2. The lowest BCUT2D eigenvalue weighted by atomic mass is 9.43. The molecule has 2 bridgehead atoms. The van der Waals surface area contributed by atoms with Crippen molar-refractivity contribution in [3.63, 3.8) is 0 Å². The van der Waals surface area contributed by atoms with Crippen molar-refractivity contribution in [2.45, 2.75) is 76.9 Å². The first kappa shape index (κ1) is 23.7. The molecule has 1 aromatic rings. The van der Waals surface area contributed by atoms with Crippen molar-refractivity contribution in [1.29, 1.82) is 0 Å². The van der Waals surface area contributed by atoms with Crippen LogP contribution < -0.4 is 5.32 Å². The Balaban J connectivity index is 1.28. The fourth-order valence-corrected chi connectivity index (χ4v) is 7.09. The van der Waals surface area contributed by atoms with Crippen LogP contribution in [0, 0.1) is 23.2 Å². The Morgan fingerprint density at radius 3 is 2.71 bits per heavy atom. The normalized spacial score (nSPS) is 34.7. The molecule has 5 fully saturated rings. The monoisotopic (exact) mass is 468 g/mol. The Kier molecular flexibility index (Phi) is 6.17. The summed E-state index contributed by atoms with van der Waals surface area (Å²) in [6.45, 7) is 7.85. The van der Waals surface area contributed by atoms with Crippen LogP contribution in [0.5, 0.6) is 0 Å². The zero-order valence-corrected chi connectivity index (χ0v) is 20.5. The minimum Gasteiger partial charge on any atom is -0.465 e. The van der Waals surface area contributed by atoms with Crippen molar-refractivity contribution in [1.82, 2.24) is 10.2 Å². The van der Waals surface area contributed by atoms with Gasteiger partial charge in [0.25, 0.3) is 0 Å². The summed E-state index contributed by atoms with van der Waals surface area (Å²) in [5.74, 6) is 0.822. The predicted molar refractivity (Wildman–Crippen MR) is 129 cm³/mol. The van der Waals surface area contributed by atoms with Crippen LogP contribution >= 0.6 is 0 Å². The van der Waals surface area contributed by atoms with Crippen molar-refractivity contribution in [2.24, 2.45) is 23.2 Å². The van der Waals surface area contributed by atoms with Crippen molar-refractivity contribution < 1.29 is 24.0 Å². The number of amides is 2. The van der Waals surface area contributed by atoms with E-state index in [9.17, 15) is 14.7 Å². The zero-order chi connectivity index (χ0) is 24.1. The average Bonchev–Trinajstić information content (AvgIpc) is 3.16. The molecule has 6 atom stereocenters. The highest BCUT2D eigenvalue weighted by molar-refractivity contribution is 6.48. The van der Waals surface area contributed by atoms with E-state index in [-0.39, 0.29) is 34.9 Å². The molecule has 3 saturated carbocycles. The number of piperidine rings is 1. The van der Waals surface area contributed by atoms with Gasteiger partial charge in [-0.25, -0.2) is 4.79 Å². The Bertz CT molecular complexity index is 927. The van der Waals surface area contributed by atoms with Crippen LogP contribution in [0.4, 0.5) is 4.79 Å². The molecule has 34 heavy (non-hydrogen) atoms. The third kappa shape index (κ3) is 4.24. The first-order valence-corrected chi connectivity index (χ1v) is 12.8. The number of likely N-dealkylation sites (tertiary alicyclic amines) is 1. The van der Waals surface area contributed by atoms with Gasteiger partial charge >= 0.3 is 13.2 Å². The number of rotatable bonds is 6. The van der Waals surface area contributed by atoms with Crippen LogP contribution in [0.3, 0.4) is 0 Å². The molecule has 2 amide bonds. The second kappa shape index (κ2) is 8.87. The molecule has 6 rings (SSSR count). The third-order valence-electron chi connectivity index (χ3n) is 9.21. The Morgan fingerprint density at radius 1 is 1.24 bits per heavy atom. The lowest BCUT2D eigenvalue weighted by Gasteiger charge is -2.64. The smallest absolute Gasteiger partial charge is 0.465 e. The van der Waals surface area contributed by atoms with Crippen LogP contribution in [0.15, 0.2) is 30.3 Å². The van der Waals surface area contributed by atoms with Crippen molar-refractivity contribution in [3.05, 3.63) is 35.9 Å². The van der Waals surface area contributed by atoms with Crippen LogP contribution in [-0.2, 0) is 20.5 Å². The number of carbonyl (C=O) groups is 2. The molecule has 0 radical (unpaired) electrons. The summed E-state index contributed by atoms with van der Waals surface area (Å²) >= 11 is 0.